The molecule has 0 spiro atoms. The van der Waals surface area contributed by atoms with E-state index in [9.17, 15) is 9.35 Å². The molecular weight excluding hydrogens is 507 g/mol. The molecule has 1 aromatic heterocycles. The highest BCUT2D eigenvalue weighted by molar-refractivity contribution is 7.89. The minimum atomic E-state index is -1.05. The Morgan fingerprint density at radius 1 is 1.14 bits per heavy atom. The zero-order valence-electron chi connectivity index (χ0n) is 19.8. The van der Waals surface area contributed by atoms with Crippen LogP contribution in [-0.2, 0) is 20.9 Å². The van der Waals surface area contributed by atoms with Crippen molar-refractivity contribution in [1.82, 2.24) is 9.71 Å². The van der Waals surface area contributed by atoms with Gasteiger partial charge in [0.15, 0.2) is 0 Å². The molecule has 0 bridgehead atoms. The summed E-state index contributed by atoms with van der Waals surface area (Å²) in [6.07, 6.45) is 5.88. The molecule has 190 valence electrons. The van der Waals surface area contributed by atoms with E-state index in [1.807, 2.05) is 25.1 Å². The van der Waals surface area contributed by atoms with Gasteiger partial charge in [0.2, 0.25) is 5.91 Å². The van der Waals surface area contributed by atoms with Crippen LogP contribution in [0.25, 0.3) is 11.1 Å². The average molecular weight is 540 g/mol. The molecule has 35 heavy (non-hydrogen) atoms. The monoisotopic (exact) mass is 538 g/mol. The third-order valence-electron chi connectivity index (χ3n) is 6.66. The largest absolute Gasteiger partial charge is 0.598 e. The maximum absolute atomic E-state index is 12.9. The van der Waals surface area contributed by atoms with Crippen LogP contribution in [0.15, 0.2) is 30.5 Å². The zero-order valence-corrected chi connectivity index (χ0v) is 22.1. The molecule has 1 aromatic carbocycles. The van der Waals surface area contributed by atoms with Gasteiger partial charge < -0.3 is 19.9 Å². The fourth-order valence-corrected chi connectivity index (χ4v) is 5.77. The first-order valence-corrected chi connectivity index (χ1v) is 14.2. The summed E-state index contributed by atoms with van der Waals surface area (Å²) in [5.41, 5.74) is 2.45. The molecule has 1 amide bonds. The summed E-state index contributed by atoms with van der Waals surface area (Å²) < 4.78 is 20.3. The number of carbonyl (C=O) groups excluding carboxylic acids is 1. The molecule has 1 aliphatic heterocycles. The standard InChI is InChI=1S/C25H32Cl2N4O3S/c1-2-35(33)31-19-4-3-17(11-19)25(32)30-24-13-21(23(27)15-29-24)20-12-18(5-6-22(20)26)28-14-16-7-9-34-10-8-16/h5-6,12-13,15-17,19,28,31H,2-4,7-11,14H2,1H3,(H,29,30,32)/t17-,19+,35?/m0/s1. The van der Waals surface area contributed by atoms with Crippen LogP contribution in [0.2, 0.25) is 10.0 Å². The maximum Gasteiger partial charge on any atom is 0.228 e. The van der Waals surface area contributed by atoms with Crippen molar-refractivity contribution >= 4 is 52.0 Å². The lowest BCUT2D eigenvalue weighted by Crippen LogP contribution is -2.34. The Morgan fingerprint density at radius 3 is 2.69 bits per heavy atom. The minimum Gasteiger partial charge on any atom is -0.598 e. The van der Waals surface area contributed by atoms with Crippen molar-refractivity contribution in [2.75, 3.05) is 36.1 Å². The van der Waals surface area contributed by atoms with E-state index in [0.717, 1.165) is 56.7 Å². The summed E-state index contributed by atoms with van der Waals surface area (Å²) >= 11 is 12.0. The third-order valence-corrected chi connectivity index (χ3v) is 8.41. The molecule has 2 aliphatic rings. The third kappa shape index (κ3) is 7.24. The first-order valence-electron chi connectivity index (χ1n) is 12.2. The van der Waals surface area contributed by atoms with Crippen LogP contribution >= 0.6 is 23.2 Å². The number of hydrogen-bond donors (Lipinski definition) is 3. The van der Waals surface area contributed by atoms with Gasteiger partial charge in [-0.25, -0.2) is 4.98 Å². The molecule has 2 aromatic rings. The average Bonchev–Trinajstić information content (AvgIpc) is 3.34. The number of hydrogen-bond acceptors (Lipinski definition) is 6. The molecule has 1 saturated carbocycles. The number of carbonyl (C=O) groups is 1. The van der Waals surface area contributed by atoms with Gasteiger partial charge in [0.05, 0.1) is 11.1 Å². The summed E-state index contributed by atoms with van der Waals surface area (Å²) in [7, 11) is 0. The molecule has 1 aliphatic carbocycles. The number of aromatic nitrogens is 1. The predicted octanol–water partition coefficient (Wildman–Crippen LogP) is 5.27. The molecule has 0 radical (unpaired) electrons. The van der Waals surface area contributed by atoms with Gasteiger partial charge in [-0.3, -0.25) is 4.79 Å². The fraction of sp³-hybridized carbons (Fsp3) is 0.520. The Kier molecular flexibility index (Phi) is 9.55. The van der Waals surface area contributed by atoms with E-state index >= 15 is 0 Å². The van der Waals surface area contributed by atoms with Crippen LogP contribution < -0.4 is 15.4 Å². The number of anilines is 2. The van der Waals surface area contributed by atoms with E-state index < -0.39 is 11.4 Å². The number of rotatable bonds is 9. The van der Waals surface area contributed by atoms with E-state index in [1.54, 1.807) is 6.07 Å². The molecule has 2 heterocycles. The summed E-state index contributed by atoms with van der Waals surface area (Å²) in [5.74, 6) is 1.33. The van der Waals surface area contributed by atoms with Gasteiger partial charge in [-0.15, -0.1) is 4.72 Å². The highest BCUT2D eigenvalue weighted by Crippen LogP contribution is 2.36. The molecule has 4 rings (SSSR count). The van der Waals surface area contributed by atoms with Gasteiger partial charge in [-0.2, -0.15) is 0 Å². The highest BCUT2D eigenvalue weighted by atomic mass is 35.5. The van der Waals surface area contributed by atoms with Gasteiger partial charge in [-0.1, -0.05) is 23.2 Å². The molecule has 10 heteroatoms. The zero-order chi connectivity index (χ0) is 24.8. The van der Waals surface area contributed by atoms with Crippen molar-refractivity contribution in [3.8, 4) is 11.1 Å². The van der Waals surface area contributed by atoms with Crippen molar-refractivity contribution in [3.63, 3.8) is 0 Å². The highest BCUT2D eigenvalue weighted by Gasteiger charge is 2.32. The van der Waals surface area contributed by atoms with Gasteiger partial charge in [0.1, 0.15) is 11.6 Å². The van der Waals surface area contributed by atoms with Crippen molar-refractivity contribution < 1.29 is 14.1 Å². The summed E-state index contributed by atoms with van der Waals surface area (Å²) in [6.45, 7) is 4.38. The van der Waals surface area contributed by atoms with Crippen molar-refractivity contribution in [3.05, 3.63) is 40.5 Å². The van der Waals surface area contributed by atoms with Crippen molar-refractivity contribution in [1.29, 1.82) is 0 Å². The van der Waals surface area contributed by atoms with E-state index in [4.69, 9.17) is 27.9 Å². The molecule has 2 fully saturated rings. The molecular formula is C25H32Cl2N4O3S. The van der Waals surface area contributed by atoms with E-state index in [-0.39, 0.29) is 17.9 Å². The smallest absolute Gasteiger partial charge is 0.228 e. The SMILES string of the molecule is CC[S+]([O-])N[C@@H]1CC[C@H](C(=O)Nc2cc(-c3cc(NCC4CCOCC4)ccc3Cl)c(Cl)cn2)C1. The number of ether oxygens (including phenoxy) is 1. The van der Waals surface area contributed by atoms with Crippen LogP contribution in [0.5, 0.6) is 0 Å². The number of benzene rings is 1. The maximum atomic E-state index is 12.9. The van der Waals surface area contributed by atoms with Gasteiger partial charge >= 0.3 is 0 Å². The second-order valence-corrected chi connectivity index (χ2v) is 11.4. The minimum absolute atomic E-state index is 0.0877. The first-order chi connectivity index (χ1) is 16.9. The van der Waals surface area contributed by atoms with Crippen molar-refractivity contribution in [2.45, 2.75) is 45.1 Å². The fourth-order valence-electron chi connectivity index (χ4n) is 4.59. The Labute approximate surface area is 220 Å². The lowest BCUT2D eigenvalue weighted by atomic mass is 10.00. The number of pyridine rings is 1. The van der Waals surface area contributed by atoms with Crippen LogP contribution in [0.3, 0.4) is 0 Å². The Bertz CT molecular complexity index is 1020. The summed E-state index contributed by atoms with van der Waals surface area (Å²) in [4.78, 5) is 17.2. The second-order valence-electron chi connectivity index (χ2n) is 9.13. The van der Waals surface area contributed by atoms with Gasteiger partial charge in [0.25, 0.3) is 0 Å². The quantitative estimate of drug-likeness (QED) is 0.376. The molecule has 7 nitrogen and oxygen atoms in total. The van der Waals surface area contributed by atoms with E-state index in [1.165, 1.54) is 6.20 Å². The lowest BCUT2D eigenvalue weighted by molar-refractivity contribution is -0.119. The topological polar surface area (TPSA) is 98.3 Å². The molecule has 3 N–H and O–H groups in total. The normalized spacial score (nSPS) is 21.6. The number of nitrogens with zero attached hydrogens (tertiary/aromatic N) is 1. The second kappa shape index (κ2) is 12.6. The van der Waals surface area contributed by atoms with Crippen LogP contribution in [0, 0.1) is 11.8 Å². The number of amides is 1. The van der Waals surface area contributed by atoms with Crippen LogP contribution in [0.1, 0.15) is 39.0 Å². The lowest BCUT2D eigenvalue weighted by Gasteiger charge is -2.23. The number of nitrogens with one attached hydrogen (secondary N) is 3. The summed E-state index contributed by atoms with van der Waals surface area (Å²) in [5, 5.41) is 7.46. The predicted molar refractivity (Wildman–Crippen MR) is 143 cm³/mol. The molecule has 1 unspecified atom stereocenters. The molecule has 1 saturated heterocycles. The Hall–Kier alpha value is -1.55. The van der Waals surface area contributed by atoms with Crippen LogP contribution in [0.4, 0.5) is 11.5 Å². The van der Waals surface area contributed by atoms with E-state index in [0.29, 0.717) is 39.5 Å². The van der Waals surface area contributed by atoms with Crippen LogP contribution in [-0.4, -0.2) is 47.0 Å². The summed E-state index contributed by atoms with van der Waals surface area (Å²) in [6, 6.07) is 7.65. The Balaban J connectivity index is 1.43. The van der Waals surface area contributed by atoms with Crippen molar-refractivity contribution in [2.24, 2.45) is 11.8 Å². The Morgan fingerprint density at radius 2 is 1.91 bits per heavy atom. The molecule has 3 atom stereocenters. The van der Waals surface area contributed by atoms with Gasteiger partial charge in [0, 0.05) is 65.1 Å². The van der Waals surface area contributed by atoms with Gasteiger partial charge in [-0.05, 0) is 69.2 Å². The first kappa shape index (κ1) is 26.5. The van der Waals surface area contributed by atoms with E-state index in [2.05, 4.69) is 20.3 Å². The number of halogens is 2.